The van der Waals surface area contributed by atoms with Crippen molar-refractivity contribution in [3.63, 3.8) is 0 Å². The average Bonchev–Trinajstić information content (AvgIpc) is 2.10. The summed E-state index contributed by atoms with van der Waals surface area (Å²) in [7, 11) is 0. The fourth-order valence-corrected chi connectivity index (χ4v) is 1.26. The second-order valence-corrected chi connectivity index (χ2v) is 3.25. The third-order valence-corrected chi connectivity index (χ3v) is 2.20. The van der Waals surface area contributed by atoms with Crippen molar-refractivity contribution in [3.8, 4) is 0 Å². The molecule has 4 N–H and O–H groups in total. The van der Waals surface area contributed by atoms with E-state index in [0.717, 1.165) is 12.0 Å². The van der Waals surface area contributed by atoms with Gasteiger partial charge in [-0.25, -0.2) is 4.39 Å². The highest BCUT2D eigenvalue weighted by Gasteiger charge is 2.09. The third kappa shape index (κ3) is 1.98. The number of rotatable bonds is 2. The quantitative estimate of drug-likeness (QED) is 0.688. The molecule has 1 atom stereocenters. The maximum Gasteiger partial charge on any atom is 0.128 e. The van der Waals surface area contributed by atoms with E-state index in [-0.39, 0.29) is 11.9 Å². The first-order chi connectivity index (χ1) is 6.06. The topological polar surface area (TPSA) is 52.0 Å². The van der Waals surface area contributed by atoms with Crippen LogP contribution in [0.15, 0.2) is 12.1 Å². The van der Waals surface area contributed by atoms with Gasteiger partial charge in [-0.15, -0.1) is 0 Å². The highest BCUT2D eigenvalue weighted by molar-refractivity contribution is 5.50. The van der Waals surface area contributed by atoms with Gasteiger partial charge in [-0.1, -0.05) is 6.92 Å². The summed E-state index contributed by atoms with van der Waals surface area (Å²) in [5, 5.41) is 0. The summed E-state index contributed by atoms with van der Waals surface area (Å²) in [4.78, 5) is 0. The third-order valence-electron chi connectivity index (χ3n) is 2.20. The van der Waals surface area contributed by atoms with E-state index in [1.54, 1.807) is 13.0 Å². The molecule has 0 saturated carbocycles. The molecule has 0 radical (unpaired) electrons. The molecule has 0 heterocycles. The molecule has 72 valence electrons. The van der Waals surface area contributed by atoms with Crippen molar-refractivity contribution >= 4 is 5.69 Å². The molecule has 3 heteroatoms. The smallest absolute Gasteiger partial charge is 0.128 e. The van der Waals surface area contributed by atoms with Crippen LogP contribution >= 0.6 is 0 Å². The molecule has 0 fully saturated rings. The molecule has 2 nitrogen and oxygen atoms in total. The van der Waals surface area contributed by atoms with Gasteiger partial charge in [0.25, 0.3) is 0 Å². The van der Waals surface area contributed by atoms with Crippen LogP contribution in [0.3, 0.4) is 0 Å². The second kappa shape index (κ2) is 3.75. The van der Waals surface area contributed by atoms with Gasteiger partial charge in [0.2, 0.25) is 0 Å². The Morgan fingerprint density at radius 3 is 2.62 bits per heavy atom. The highest BCUT2D eigenvalue weighted by atomic mass is 19.1. The molecule has 0 amide bonds. The molecule has 1 aromatic carbocycles. The van der Waals surface area contributed by atoms with Gasteiger partial charge in [-0.3, -0.25) is 0 Å². The van der Waals surface area contributed by atoms with Crippen molar-refractivity contribution in [2.45, 2.75) is 26.3 Å². The highest BCUT2D eigenvalue weighted by Crippen LogP contribution is 2.23. The lowest BCUT2D eigenvalue weighted by atomic mass is 10.0. The largest absolute Gasteiger partial charge is 0.398 e. The fraction of sp³-hybridized carbons (Fsp3) is 0.400. The predicted octanol–water partition coefficient (Wildman–Crippen LogP) is 2.13. The number of aryl methyl sites for hydroxylation is 1. The molecular formula is C10H15FN2. The van der Waals surface area contributed by atoms with Gasteiger partial charge in [0.1, 0.15) is 5.82 Å². The molecule has 13 heavy (non-hydrogen) atoms. The summed E-state index contributed by atoms with van der Waals surface area (Å²) in [5.74, 6) is -0.274. The van der Waals surface area contributed by atoms with Crippen molar-refractivity contribution in [1.29, 1.82) is 0 Å². The summed E-state index contributed by atoms with van der Waals surface area (Å²) in [6.45, 7) is 3.68. The van der Waals surface area contributed by atoms with Gasteiger partial charge >= 0.3 is 0 Å². The number of hydrogen-bond donors (Lipinski definition) is 2. The van der Waals surface area contributed by atoms with Gasteiger partial charge in [0.15, 0.2) is 0 Å². The first-order valence-corrected chi connectivity index (χ1v) is 4.37. The average molecular weight is 182 g/mol. The molecule has 1 unspecified atom stereocenters. The Morgan fingerprint density at radius 2 is 2.08 bits per heavy atom. The summed E-state index contributed by atoms with van der Waals surface area (Å²) in [6, 6.07) is 2.96. The van der Waals surface area contributed by atoms with Crippen molar-refractivity contribution in [2.24, 2.45) is 5.73 Å². The lowest BCUT2D eigenvalue weighted by Gasteiger charge is -2.13. The zero-order valence-electron chi connectivity index (χ0n) is 7.97. The minimum absolute atomic E-state index is 0.0979. The van der Waals surface area contributed by atoms with Gasteiger partial charge in [-0.05, 0) is 36.6 Å². The lowest BCUT2D eigenvalue weighted by Crippen LogP contribution is -2.11. The summed E-state index contributed by atoms with van der Waals surface area (Å²) >= 11 is 0. The summed E-state index contributed by atoms with van der Waals surface area (Å²) < 4.78 is 13.0. The molecule has 0 saturated heterocycles. The number of halogens is 1. The van der Waals surface area contributed by atoms with Crippen molar-refractivity contribution in [1.82, 2.24) is 0 Å². The van der Waals surface area contributed by atoms with Crippen LogP contribution in [-0.2, 0) is 0 Å². The van der Waals surface area contributed by atoms with Gasteiger partial charge in [-0.2, -0.15) is 0 Å². The first kappa shape index (κ1) is 9.99. The maximum atomic E-state index is 13.0. The monoisotopic (exact) mass is 182 g/mol. The van der Waals surface area contributed by atoms with E-state index in [0.29, 0.717) is 11.3 Å². The van der Waals surface area contributed by atoms with Gasteiger partial charge in [0.05, 0.1) is 0 Å². The Balaban J connectivity index is 3.15. The van der Waals surface area contributed by atoms with Crippen LogP contribution in [0.5, 0.6) is 0 Å². The number of nitrogens with two attached hydrogens (primary N) is 2. The van der Waals surface area contributed by atoms with E-state index in [2.05, 4.69) is 0 Å². The van der Waals surface area contributed by atoms with Crippen LogP contribution in [0.2, 0.25) is 0 Å². The molecule has 0 spiro atoms. The maximum absolute atomic E-state index is 13.0. The predicted molar refractivity (Wildman–Crippen MR) is 52.8 cm³/mol. The van der Waals surface area contributed by atoms with Crippen molar-refractivity contribution in [3.05, 3.63) is 29.1 Å². The number of nitrogen functional groups attached to an aromatic ring is 1. The number of hydrogen-bond acceptors (Lipinski definition) is 2. The Hall–Kier alpha value is -1.09. The van der Waals surface area contributed by atoms with Crippen LogP contribution in [0, 0.1) is 12.7 Å². The summed E-state index contributed by atoms with van der Waals surface area (Å²) in [6.07, 6.45) is 0.801. The summed E-state index contributed by atoms with van der Waals surface area (Å²) in [5.41, 5.74) is 13.3. The van der Waals surface area contributed by atoms with E-state index in [4.69, 9.17) is 11.5 Å². The van der Waals surface area contributed by atoms with Crippen LogP contribution < -0.4 is 11.5 Å². The second-order valence-electron chi connectivity index (χ2n) is 3.25. The molecule has 0 bridgehead atoms. The van der Waals surface area contributed by atoms with Crippen LogP contribution in [0.4, 0.5) is 10.1 Å². The SMILES string of the molecule is CCC(N)c1cc(C)c(F)cc1N. The molecule has 1 aromatic rings. The minimum Gasteiger partial charge on any atom is -0.398 e. The van der Waals surface area contributed by atoms with E-state index in [9.17, 15) is 4.39 Å². The zero-order chi connectivity index (χ0) is 10.0. The lowest BCUT2D eigenvalue weighted by molar-refractivity contribution is 0.615. The van der Waals surface area contributed by atoms with Crippen LogP contribution in [-0.4, -0.2) is 0 Å². The van der Waals surface area contributed by atoms with Crippen LogP contribution in [0.1, 0.15) is 30.5 Å². The zero-order valence-corrected chi connectivity index (χ0v) is 7.97. The Kier molecular flexibility index (Phi) is 2.88. The van der Waals surface area contributed by atoms with E-state index in [1.807, 2.05) is 6.92 Å². The number of benzene rings is 1. The molecule has 1 rings (SSSR count). The van der Waals surface area contributed by atoms with E-state index in [1.165, 1.54) is 6.07 Å². The fourth-order valence-electron chi connectivity index (χ4n) is 1.26. The molecule has 0 aliphatic carbocycles. The van der Waals surface area contributed by atoms with Gasteiger partial charge in [0, 0.05) is 11.7 Å². The van der Waals surface area contributed by atoms with E-state index >= 15 is 0 Å². The molecule has 0 aliphatic rings. The Morgan fingerprint density at radius 1 is 1.46 bits per heavy atom. The van der Waals surface area contributed by atoms with E-state index < -0.39 is 0 Å². The standard InChI is InChI=1S/C10H15FN2/c1-3-9(12)7-4-6(2)8(11)5-10(7)13/h4-5,9H,3,12-13H2,1-2H3. The van der Waals surface area contributed by atoms with Crippen LogP contribution in [0.25, 0.3) is 0 Å². The minimum atomic E-state index is -0.274. The Labute approximate surface area is 77.7 Å². The first-order valence-electron chi connectivity index (χ1n) is 4.37. The Bertz CT molecular complexity index is 310. The van der Waals surface area contributed by atoms with Crippen molar-refractivity contribution < 1.29 is 4.39 Å². The van der Waals surface area contributed by atoms with Gasteiger partial charge < -0.3 is 11.5 Å². The molecule has 0 aromatic heterocycles. The molecule has 0 aliphatic heterocycles. The number of anilines is 1. The normalized spacial score (nSPS) is 12.9. The molecular weight excluding hydrogens is 167 g/mol. The van der Waals surface area contributed by atoms with Crippen molar-refractivity contribution in [2.75, 3.05) is 5.73 Å².